The molecule has 1 saturated heterocycles. The molecule has 0 aromatic carbocycles. The van der Waals surface area contributed by atoms with Crippen LogP contribution in [0.2, 0.25) is 0 Å². The van der Waals surface area contributed by atoms with Crippen molar-refractivity contribution in [2.24, 2.45) is 5.92 Å². The Balaban J connectivity index is 2.37. The molecule has 1 rings (SSSR count). The van der Waals surface area contributed by atoms with Crippen LogP contribution in [0.25, 0.3) is 0 Å². The molecule has 1 aliphatic rings. The van der Waals surface area contributed by atoms with Gasteiger partial charge in [0.15, 0.2) is 0 Å². The number of hydrogen-bond acceptors (Lipinski definition) is 3. The number of rotatable bonds is 4. The summed E-state index contributed by atoms with van der Waals surface area (Å²) in [4.78, 5) is 24.8. The van der Waals surface area contributed by atoms with Crippen LogP contribution < -0.4 is 5.32 Å². The van der Waals surface area contributed by atoms with Crippen LogP contribution in [0.3, 0.4) is 0 Å². The first kappa shape index (κ1) is 12.2. The molecule has 1 N–H and O–H groups in total. The van der Waals surface area contributed by atoms with E-state index < -0.39 is 0 Å². The third kappa shape index (κ3) is 4.00. The molecule has 0 aromatic rings. The van der Waals surface area contributed by atoms with Crippen LogP contribution in [-0.2, 0) is 9.59 Å². The lowest BCUT2D eigenvalue weighted by Crippen LogP contribution is -2.35. The van der Waals surface area contributed by atoms with Crippen molar-refractivity contribution in [1.29, 1.82) is 0 Å². The Bertz CT molecular complexity index is 241. The van der Waals surface area contributed by atoms with Gasteiger partial charge in [0.2, 0.25) is 5.91 Å². The number of nitrogens with zero attached hydrogens (tertiary/aromatic N) is 1. The van der Waals surface area contributed by atoms with E-state index >= 15 is 0 Å². The zero-order chi connectivity index (χ0) is 11.3. The van der Waals surface area contributed by atoms with E-state index in [1.54, 1.807) is 0 Å². The maximum absolute atomic E-state index is 11.7. The fraction of sp³-hybridized carbons (Fsp3) is 0.818. The van der Waals surface area contributed by atoms with E-state index in [9.17, 15) is 9.59 Å². The van der Waals surface area contributed by atoms with Crippen LogP contribution in [0.15, 0.2) is 0 Å². The molecule has 1 atom stereocenters. The largest absolute Gasteiger partial charge is 0.355 e. The van der Waals surface area contributed by atoms with Crippen molar-refractivity contribution in [2.45, 2.75) is 26.7 Å². The summed E-state index contributed by atoms with van der Waals surface area (Å²) < 4.78 is 0. The van der Waals surface area contributed by atoms with Crippen LogP contribution in [0.5, 0.6) is 0 Å². The maximum Gasteiger partial charge on any atom is 0.221 e. The second-order valence-electron chi connectivity index (χ2n) is 4.15. The Labute approximate surface area is 91.0 Å². The van der Waals surface area contributed by atoms with Gasteiger partial charge in [0, 0.05) is 32.0 Å². The van der Waals surface area contributed by atoms with E-state index in [-0.39, 0.29) is 17.6 Å². The molecule has 86 valence electrons. The summed E-state index contributed by atoms with van der Waals surface area (Å²) >= 11 is 0. The van der Waals surface area contributed by atoms with Crippen molar-refractivity contribution >= 4 is 11.7 Å². The van der Waals surface area contributed by atoms with Crippen LogP contribution in [0.1, 0.15) is 26.7 Å². The summed E-state index contributed by atoms with van der Waals surface area (Å²) in [6, 6.07) is 0. The molecule has 1 fully saturated rings. The van der Waals surface area contributed by atoms with Gasteiger partial charge in [-0.25, -0.2) is 0 Å². The summed E-state index contributed by atoms with van der Waals surface area (Å²) in [5.74, 6) is 0.511. The molecule has 0 aliphatic carbocycles. The number of Topliss-reactive ketones (excluding diaryl/α,β-unsaturated/α-hetero) is 1. The molecular weight excluding hydrogens is 192 g/mol. The quantitative estimate of drug-likeness (QED) is 0.735. The topological polar surface area (TPSA) is 49.4 Å². The predicted octanol–water partition coefficient (Wildman–Crippen LogP) is 0.424. The number of nitrogens with one attached hydrogen (secondary N) is 1. The fourth-order valence-electron chi connectivity index (χ4n) is 1.58. The van der Waals surface area contributed by atoms with E-state index in [2.05, 4.69) is 10.2 Å². The standard InChI is InChI=1S/C11H20N2O2/c1-3-9(2)10(14)8-13-6-4-11(15)12-5-7-13/h9H,3-8H2,1-2H3,(H,12,15). The third-order valence-electron chi connectivity index (χ3n) is 2.95. The molecule has 0 bridgehead atoms. The Hall–Kier alpha value is -0.900. The molecule has 1 heterocycles. The number of carbonyl (C=O) groups excluding carboxylic acids is 2. The van der Waals surface area contributed by atoms with Crippen LogP contribution in [0, 0.1) is 5.92 Å². The lowest BCUT2D eigenvalue weighted by atomic mass is 10.0. The lowest BCUT2D eigenvalue weighted by molar-refractivity contribution is -0.124. The first-order chi connectivity index (χ1) is 7.13. The smallest absolute Gasteiger partial charge is 0.221 e. The van der Waals surface area contributed by atoms with Gasteiger partial charge in [-0.2, -0.15) is 0 Å². The molecule has 4 heteroatoms. The van der Waals surface area contributed by atoms with Crippen molar-refractivity contribution < 1.29 is 9.59 Å². The first-order valence-electron chi connectivity index (χ1n) is 5.65. The predicted molar refractivity (Wildman–Crippen MR) is 58.5 cm³/mol. The number of ketones is 1. The van der Waals surface area contributed by atoms with Gasteiger partial charge in [0.1, 0.15) is 5.78 Å². The van der Waals surface area contributed by atoms with Gasteiger partial charge in [0.25, 0.3) is 0 Å². The van der Waals surface area contributed by atoms with Crippen molar-refractivity contribution in [3.63, 3.8) is 0 Å². The Morgan fingerprint density at radius 2 is 2.27 bits per heavy atom. The Kier molecular flexibility index (Phi) is 4.75. The number of hydrogen-bond donors (Lipinski definition) is 1. The van der Waals surface area contributed by atoms with Gasteiger partial charge in [-0.1, -0.05) is 13.8 Å². The SMILES string of the molecule is CCC(C)C(=O)CN1CCNC(=O)CC1. The third-order valence-corrected chi connectivity index (χ3v) is 2.95. The van der Waals surface area contributed by atoms with E-state index in [0.717, 1.165) is 13.0 Å². The molecule has 0 saturated carbocycles. The van der Waals surface area contributed by atoms with Crippen molar-refractivity contribution in [2.75, 3.05) is 26.2 Å². The fourth-order valence-corrected chi connectivity index (χ4v) is 1.58. The first-order valence-corrected chi connectivity index (χ1v) is 5.65. The lowest BCUT2D eigenvalue weighted by Gasteiger charge is -2.19. The maximum atomic E-state index is 11.7. The summed E-state index contributed by atoms with van der Waals surface area (Å²) in [7, 11) is 0. The molecule has 0 spiro atoms. The van der Waals surface area contributed by atoms with Gasteiger partial charge < -0.3 is 5.32 Å². The van der Waals surface area contributed by atoms with Gasteiger partial charge >= 0.3 is 0 Å². The highest BCUT2D eigenvalue weighted by Crippen LogP contribution is 2.05. The second kappa shape index (κ2) is 5.85. The molecule has 1 unspecified atom stereocenters. The van der Waals surface area contributed by atoms with E-state index in [1.165, 1.54) is 0 Å². The normalized spacial score (nSPS) is 20.5. The summed E-state index contributed by atoms with van der Waals surface area (Å²) in [6.07, 6.45) is 1.40. The highest BCUT2D eigenvalue weighted by molar-refractivity contribution is 5.82. The second-order valence-corrected chi connectivity index (χ2v) is 4.15. The molecule has 1 aliphatic heterocycles. The monoisotopic (exact) mass is 212 g/mol. The minimum absolute atomic E-state index is 0.0912. The van der Waals surface area contributed by atoms with E-state index in [1.807, 2.05) is 13.8 Å². The van der Waals surface area contributed by atoms with Crippen molar-refractivity contribution in [1.82, 2.24) is 10.2 Å². The number of amides is 1. The zero-order valence-corrected chi connectivity index (χ0v) is 9.58. The molecule has 0 aromatic heterocycles. The summed E-state index contributed by atoms with van der Waals surface area (Å²) in [5, 5.41) is 2.80. The minimum atomic E-state index is 0.0912. The summed E-state index contributed by atoms with van der Waals surface area (Å²) in [5.41, 5.74) is 0. The van der Waals surface area contributed by atoms with Crippen LogP contribution in [-0.4, -0.2) is 42.8 Å². The highest BCUT2D eigenvalue weighted by Gasteiger charge is 2.18. The van der Waals surface area contributed by atoms with Gasteiger partial charge in [-0.05, 0) is 6.42 Å². The van der Waals surface area contributed by atoms with Crippen molar-refractivity contribution in [3.05, 3.63) is 0 Å². The highest BCUT2D eigenvalue weighted by atomic mass is 16.1. The van der Waals surface area contributed by atoms with Gasteiger partial charge in [0.05, 0.1) is 6.54 Å². The minimum Gasteiger partial charge on any atom is -0.355 e. The zero-order valence-electron chi connectivity index (χ0n) is 9.58. The van der Waals surface area contributed by atoms with E-state index in [4.69, 9.17) is 0 Å². The van der Waals surface area contributed by atoms with E-state index in [0.29, 0.717) is 26.1 Å². The van der Waals surface area contributed by atoms with Crippen LogP contribution >= 0.6 is 0 Å². The Morgan fingerprint density at radius 1 is 1.53 bits per heavy atom. The van der Waals surface area contributed by atoms with Crippen LogP contribution in [0.4, 0.5) is 0 Å². The van der Waals surface area contributed by atoms with Gasteiger partial charge in [-0.3, -0.25) is 14.5 Å². The molecule has 15 heavy (non-hydrogen) atoms. The Morgan fingerprint density at radius 3 is 2.93 bits per heavy atom. The molecule has 0 radical (unpaired) electrons. The average Bonchev–Trinajstić information content (AvgIpc) is 2.42. The molecule has 4 nitrogen and oxygen atoms in total. The van der Waals surface area contributed by atoms with Crippen molar-refractivity contribution in [3.8, 4) is 0 Å². The average molecular weight is 212 g/mol. The number of carbonyl (C=O) groups is 2. The molecule has 1 amide bonds. The molecular formula is C11H20N2O2. The van der Waals surface area contributed by atoms with Gasteiger partial charge in [-0.15, -0.1) is 0 Å². The summed E-state index contributed by atoms with van der Waals surface area (Å²) in [6.45, 7) is 6.62.